The van der Waals surface area contributed by atoms with Gasteiger partial charge in [0.15, 0.2) is 0 Å². The predicted molar refractivity (Wildman–Crippen MR) is 87.7 cm³/mol. The highest BCUT2D eigenvalue weighted by atomic mass is 16.5. The Morgan fingerprint density at radius 1 is 0.955 bits per heavy atom. The number of aromatic nitrogens is 2. The summed E-state index contributed by atoms with van der Waals surface area (Å²) in [5.74, 6) is 0.796. The lowest BCUT2D eigenvalue weighted by atomic mass is 10.1. The molecule has 0 atom stereocenters. The van der Waals surface area contributed by atoms with Crippen LogP contribution >= 0.6 is 0 Å². The average molecular weight is 289 g/mol. The van der Waals surface area contributed by atoms with E-state index in [1.807, 2.05) is 48.7 Å². The molecule has 22 heavy (non-hydrogen) atoms. The second-order valence-corrected chi connectivity index (χ2v) is 4.71. The van der Waals surface area contributed by atoms with E-state index in [0.29, 0.717) is 0 Å². The number of rotatable bonds is 4. The third-order valence-electron chi connectivity index (χ3n) is 3.20. The quantitative estimate of drug-likeness (QED) is 0.684. The van der Waals surface area contributed by atoms with E-state index in [9.17, 15) is 0 Å². The van der Waals surface area contributed by atoms with Gasteiger partial charge in [0, 0.05) is 30.2 Å². The molecule has 0 radical (unpaired) electrons. The monoisotopic (exact) mass is 289 g/mol. The van der Waals surface area contributed by atoms with Crippen molar-refractivity contribution in [3.8, 4) is 16.9 Å². The minimum Gasteiger partial charge on any atom is -0.497 e. The Morgan fingerprint density at radius 2 is 1.77 bits per heavy atom. The number of aliphatic imine (C=N–C) groups is 1. The van der Waals surface area contributed by atoms with Crippen LogP contribution in [0.25, 0.3) is 11.1 Å². The van der Waals surface area contributed by atoms with Crippen LogP contribution < -0.4 is 4.74 Å². The summed E-state index contributed by atoms with van der Waals surface area (Å²) in [6, 6.07) is 15.7. The van der Waals surface area contributed by atoms with Crippen molar-refractivity contribution in [3.05, 3.63) is 72.8 Å². The van der Waals surface area contributed by atoms with E-state index in [-0.39, 0.29) is 0 Å². The number of benzene rings is 2. The standard InChI is InChI=1S/C18H15N3O/c1-22-18-7-3-6-17(9-18)21-10-14-4-2-5-15(8-14)16-11-19-13-20-12-16/h2-13H,1H3/b21-10-. The molecule has 0 aliphatic heterocycles. The summed E-state index contributed by atoms with van der Waals surface area (Å²) in [6.45, 7) is 0. The van der Waals surface area contributed by atoms with Gasteiger partial charge in [-0.1, -0.05) is 24.3 Å². The number of nitrogens with zero attached hydrogens (tertiary/aromatic N) is 3. The van der Waals surface area contributed by atoms with Gasteiger partial charge >= 0.3 is 0 Å². The van der Waals surface area contributed by atoms with Crippen molar-refractivity contribution in [2.75, 3.05) is 7.11 Å². The van der Waals surface area contributed by atoms with Gasteiger partial charge in [-0.3, -0.25) is 4.99 Å². The molecule has 3 aromatic rings. The van der Waals surface area contributed by atoms with Crippen molar-refractivity contribution in [3.63, 3.8) is 0 Å². The molecule has 0 bridgehead atoms. The van der Waals surface area contributed by atoms with Crippen molar-refractivity contribution < 1.29 is 4.74 Å². The van der Waals surface area contributed by atoms with Crippen molar-refractivity contribution in [2.45, 2.75) is 0 Å². The smallest absolute Gasteiger partial charge is 0.121 e. The summed E-state index contributed by atoms with van der Waals surface area (Å²) in [5.41, 5.74) is 3.92. The number of hydrogen-bond donors (Lipinski definition) is 0. The molecule has 1 heterocycles. The molecule has 0 N–H and O–H groups in total. The first-order valence-corrected chi connectivity index (χ1v) is 6.89. The third kappa shape index (κ3) is 3.35. The molecule has 2 aromatic carbocycles. The molecule has 3 rings (SSSR count). The van der Waals surface area contributed by atoms with Crippen LogP contribution in [0.5, 0.6) is 5.75 Å². The highest BCUT2D eigenvalue weighted by Gasteiger charge is 1.99. The Bertz CT molecular complexity index is 785. The van der Waals surface area contributed by atoms with Gasteiger partial charge in [0.1, 0.15) is 12.1 Å². The first kappa shape index (κ1) is 13.9. The Hall–Kier alpha value is -3.01. The zero-order valence-electron chi connectivity index (χ0n) is 12.2. The third-order valence-corrected chi connectivity index (χ3v) is 3.20. The van der Waals surface area contributed by atoms with Gasteiger partial charge < -0.3 is 4.74 Å². The highest BCUT2D eigenvalue weighted by molar-refractivity contribution is 5.84. The topological polar surface area (TPSA) is 47.4 Å². The van der Waals surface area contributed by atoms with Gasteiger partial charge in [0.05, 0.1) is 12.8 Å². The van der Waals surface area contributed by atoms with Gasteiger partial charge in [-0.2, -0.15) is 0 Å². The van der Waals surface area contributed by atoms with Crippen molar-refractivity contribution >= 4 is 11.9 Å². The van der Waals surface area contributed by atoms with Gasteiger partial charge in [-0.15, -0.1) is 0 Å². The fraction of sp³-hybridized carbons (Fsp3) is 0.0556. The van der Waals surface area contributed by atoms with E-state index in [0.717, 1.165) is 28.1 Å². The number of ether oxygens (including phenoxy) is 1. The fourth-order valence-electron chi connectivity index (χ4n) is 2.09. The Labute approximate surface area is 129 Å². The summed E-state index contributed by atoms with van der Waals surface area (Å²) in [7, 11) is 1.65. The lowest BCUT2D eigenvalue weighted by Gasteiger charge is -2.02. The molecular formula is C18H15N3O. The lowest BCUT2D eigenvalue weighted by Crippen LogP contribution is -1.85. The average Bonchev–Trinajstić information content (AvgIpc) is 2.61. The maximum absolute atomic E-state index is 5.20. The van der Waals surface area contributed by atoms with E-state index < -0.39 is 0 Å². The summed E-state index contributed by atoms with van der Waals surface area (Å²) >= 11 is 0. The van der Waals surface area contributed by atoms with Gasteiger partial charge in [-0.05, 0) is 29.3 Å². The van der Waals surface area contributed by atoms with Crippen molar-refractivity contribution in [2.24, 2.45) is 4.99 Å². The summed E-state index contributed by atoms with van der Waals surface area (Å²) in [5, 5.41) is 0. The minimum atomic E-state index is 0.796. The molecule has 0 saturated heterocycles. The Kier molecular flexibility index (Phi) is 4.20. The van der Waals surface area contributed by atoms with Crippen LogP contribution in [-0.4, -0.2) is 23.3 Å². The lowest BCUT2D eigenvalue weighted by molar-refractivity contribution is 0.415. The number of methoxy groups -OCH3 is 1. The SMILES string of the molecule is COc1cccc(/N=C\c2cccc(-c3cncnc3)c2)c1. The molecule has 0 unspecified atom stereocenters. The molecule has 4 nitrogen and oxygen atoms in total. The van der Waals surface area contributed by atoms with Crippen LogP contribution in [0.4, 0.5) is 5.69 Å². The largest absolute Gasteiger partial charge is 0.497 e. The first-order chi connectivity index (χ1) is 10.8. The van der Waals surface area contributed by atoms with Crippen LogP contribution in [0.2, 0.25) is 0 Å². The molecular weight excluding hydrogens is 274 g/mol. The van der Waals surface area contributed by atoms with Crippen LogP contribution in [-0.2, 0) is 0 Å². The second-order valence-electron chi connectivity index (χ2n) is 4.71. The van der Waals surface area contributed by atoms with E-state index in [1.165, 1.54) is 6.33 Å². The molecule has 0 aliphatic carbocycles. The van der Waals surface area contributed by atoms with Gasteiger partial charge in [0.25, 0.3) is 0 Å². The van der Waals surface area contributed by atoms with Crippen molar-refractivity contribution in [1.82, 2.24) is 9.97 Å². The summed E-state index contributed by atoms with van der Waals surface area (Å²) in [4.78, 5) is 12.6. The summed E-state index contributed by atoms with van der Waals surface area (Å²) in [6.07, 6.45) is 6.95. The van der Waals surface area contributed by atoms with Crippen molar-refractivity contribution in [1.29, 1.82) is 0 Å². The van der Waals surface area contributed by atoms with E-state index in [4.69, 9.17) is 4.74 Å². The normalized spacial score (nSPS) is 10.8. The molecule has 0 fully saturated rings. The Balaban J connectivity index is 1.85. The summed E-state index contributed by atoms with van der Waals surface area (Å²) < 4.78 is 5.20. The molecule has 0 amide bonds. The maximum atomic E-state index is 5.20. The van der Waals surface area contributed by atoms with Gasteiger partial charge in [0.2, 0.25) is 0 Å². The van der Waals surface area contributed by atoms with E-state index >= 15 is 0 Å². The molecule has 0 aliphatic rings. The first-order valence-electron chi connectivity index (χ1n) is 6.89. The number of hydrogen-bond acceptors (Lipinski definition) is 4. The van der Waals surface area contributed by atoms with Crippen LogP contribution in [0, 0.1) is 0 Å². The van der Waals surface area contributed by atoms with Crippen LogP contribution in [0.15, 0.2) is 72.2 Å². The molecule has 0 saturated carbocycles. The maximum Gasteiger partial charge on any atom is 0.121 e. The van der Waals surface area contributed by atoms with E-state index in [2.05, 4.69) is 21.0 Å². The fourth-order valence-corrected chi connectivity index (χ4v) is 2.09. The van der Waals surface area contributed by atoms with Crippen LogP contribution in [0.3, 0.4) is 0 Å². The minimum absolute atomic E-state index is 0.796. The zero-order valence-corrected chi connectivity index (χ0v) is 12.2. The zero-order chi connectivity index (χ0) is 15.2. The molecule has 1 aromatic heterocycles. The predicted octanol–water partition coefficient (Wildman–Crippen LogP) is 3.90. The second kappa shape index (κ2) is 6.63. The van der Waals surface area contributed by atoms with Crippen LogP contribution in [0.1, 0.15) is 5.56 Å². The molecule has 108 valence electrons. The molecule has 4 heteroatoms. The molecule has 0 spiro atoms. The van der Waals surface area contributed by atoms with Gasteiger partial charge in [-0.25, -0.2) is 9.97 Å². The highest BCUT2D eigenvalue weighted by Crippen LogP contribution is 2.21. The van der Waals surface area contributed by atoms with E-state index in [1.54, 1.807) is 19.5 Å². The Morgan fingerprint density at radius 3 is 2.59 bits per heavy atom.